The highest BCUT2D eigenvalue weighted by atomic mass is 16.6. The Hall–Kier alpha value is -3.03. The molecule has 4 N–H and O–H groups in total. The van der Waals surface area contributed by atoms with Gasteiger partial charge >= 0.3 is 6.09 Å². The van der Waals surface area contributed by atoms with Crippen LogP contribution in [0.15, 0.2) is 30.5 Å². The molecule has 1 aromatic carbocycles. The Balaban J connectivity index is 2.64. The first-order valence-corrected chi connectivity index (χ1v) is 8.03. The van der Waals surface area contributed by atoms with Gasteiger partial charge in [0, 0.05) is 17.8 Å². The molecule has 0 unspecified atom stereocenters. The number of phenols is 1. The van der Waals surface area contributed by atoms with Crippen LogP contribution in [-0.2, 0) is 4.74 Å². The average molecular weight is 363 g/mol. The van der Waals surface area contributed by atoms with Crippen molar-refractivity contribution in [3.8, 4) is 11.5 Å². The first-order chi connectivity index (χ1) is 12.0. The van der Waals surface area contributed by atoms with Crippen LogP contribution >= 0.6 is 0 Å². The minimum absolute atomic E-state index is 0.118. The van der Waals surface area contributed by atoms with Crippen LogP contribution < -0.4 is 15.4 Å². The van der Waals surface area contributed by atoms with Crippen molar-refractivity contribution in [3.63, 3.8) is 0 Å². The molecule has 0 aliphatic rings. The summed E-state index contributed by atoms with van der Waals surface area (Å²) in [5.74, 6) is -0.622. The number of ether oxygens (including phenoxy) is 2. The van der Waals surface area contributed by atoms with Crippen molar-refractivity contribution in [1.82, 2.24) is 10.6 Å². The number of rotatable bonds is 5. The van der Waals surface area contributed by atoms with Crippen LogP contribution in [0.25, 0.3) is 0 Å². The van der Waals surface area contributed by atoms with E-state index in [-0.39, 0.29) is 23.3 Å². The molecule has 0 saturated heterocycles. The molecule has 0 radical (unpaired) electrons. The molecule has 0 saturated carbocycles. The van der Waals surface area contributed by atoms with Crippen LogP contribution in [0.2, 0.25) is 0 Å². The number of carbonyl (C=O) groups is 2. The van der Waals surface area contributed by atoms with Gasteiger partial charge < -0.3 is 19.9 Å². The molecule has 0 bridgehead atoms. The van der Waals surface area contributed by atoms with Crippen molar-refractivity contribution in [2.24, 2.45) is 0 Å². The van der Waals surface area contributed by atoms with Crippen LogP contribution in [0.4, 0.5) is 4.79 Å². The van der Waals surface area contributed by atoms with Crippen molar-refractivity contribution < 1.29 is 24.2 Å². The highest BCUT2D eigenvalue weighted by molar-refractivity contribution is 6.09. The lowest BCUT2D eigenvalue weighted by molar-refractivity contribution is 0.0552. The molecule has 0 fully saturated rings. The minimum Gasteiger partial charge on any atom is -0.508 e. The minimum atomic E-state index is -0.670. The fourth-order valence-corrected chi connectivity index (χ4v) is 1.79. The maximum Gasteiger partial charge on any atom is 0.411 e. The lowest BCUT2D eigenvalue weighted by atomic mass is 10.2. The van der Waals surface area contributed by atoms with E-state index in [0.29, 0.717) is 5.75 Å². The summed E-state index contributed by atoms with van der Waals surface area (Å²) in [7, 11) is 0. The van der Waals surface area contributed by atoms with E-state index in [1.165, 1.54) is 30.5 Å². The van der Waals surface area contributed by atoms with Crippen molar-refractivity contribution in [2.45, 2.75) is 46.3 Å². The Morgan fingerprint density at radius 3 is 2.46 bits per heavy atom. The van der Waals surface area contributed by atoms with Crippen LogP contribution in [0, 0.1) is 5.41 Å². The first kappa shape index (κ1) is 21.0. The summed E-state index contributed by atoms with van der Waals surface area (Å²) in [6, 6.07) is 4.12. The molecule has 2 amide bonds. The summed E-state index contributed by atoms with van der Waals surface area (Å²) in [5, 5.41) is 22.1. The number of amidine groups is 1. The van der Waals surface area contributed by atoms with E-state index in [1.807, 2.05) is 13.8 Å². The van der Waals surface area contributed by atoms with Gasteiger partial charge in [-0.25, -0.2) is 4.79 Å². The third-order valence-corrected chi connectivity index (χ3v) is 2.62. The van der Waals surface area contributed by atoms with Gasteiger partial charge in [-0.2, -0.15) is 0 Å². The Labute approximate surface area is 152 Å². The van der Waals surface area contributed by atoms with Crippen molar-refractivity contribution in [3.05, 3.63) is 36.0 Å². The van der Waals surface area contributed by atoms with E-state index in [2.05, 4.69) is 10.6 Å². The number of amides is 2. The molecular formula is C18H25N3O5. The summed E-state index contributed by atoms with van der Waals surface area (Å²) < 4.78 is 10.5. The molecule has 0 heterocycles. The van der Waals surface area contributed by atoms with Gasteiger partial charge in [0.2, 0.25) is 0 Å². The number of phenolic OH excluding ortho intramolecular Hbond substituents is 1. The van der Waals surface area contributed by atoms with E-state index >= 15 is 0 Å². The van der Waals surface area contributed by atoms with Gasteiger partial charge in [0.15, 0.2) is 0 Å². The summed E-state index contributed by atoms with van der Waals surface area (Å²) in [6.45, 7) is 8.82. The van der Waals surface area contributed by atoms with E-state index in [1.54, 1.807) is 20.8 Å². The van der Waals surface area contributed by atoms with Gasteiger partial charge in [0.25, 0.3) is 5.91 Å². The number of aromatic hydroxyl groups is 1. The van der Waals surface area contributed by atoms with Gasteiger partial charge in [0.05, 0.1) is 6.10 Å². The van der Waals surface area contributed by atoms with Gasteiger partial charge in [0.1, 0.15) is 22.9 Å². The summed E-state index contributed by atoms with van der Waals surface area (Å²) in [6.07, 6.45) is 1.59. The number of benzene rings is 1. The molecule has 0 atom stereocenters. The highest BCUT2D eigenvalue weighted by Gasteiger charge is 2.15. The fraction of sp³-hybridized carbons (Fsp3) is 0.389. The Kier molecular flexibility index (Phi) is 7.18. The lowest BCUT2D eigenvalue weighted by Gasteiger charge is -2.18. The van der Waals surface area contributed by atoms with Crippen molar-refractivity contribution >= 4 is 17.8 Å². The second kappa shape index (κ2) is 8.89. The predicted octanol–water partition coefficient (Wildman–Crippen LogP) is 2.92. The van der Waals surface area contributed by atoms with E-state index in [9.17, 15) is 14.7 Å². The Bertz CT molecular complexity index is 705. The molecule has 0 spiro atoms. The number of hydrogen-bond donors (Lipinski definition) is 4. The predicted molar refractivity (Wildman–Crippen MR) is 97.6 cm³/mol. The molecule has 142 valence electrons. The molecule has 8 nitrogen and oxygen atoms in total. The Morgan fingerprint density at radius 2 is 1.88 bits per heavy atom. The summed E-state index contributed by atoms with van der Waals surface area (Å²) in [4.78, 5) is 23.6. The topological polar surface area (TPSA) is 121 Å². The highest BCUT2D eigenvalue weighted by Crippen LogP contribution is 2.22. The van der Waals surface area contributed by atoms with Crippen LogP contribution in [0.1, 0.15) is 45.0 Å². The molecule has 1 rings (SSSR count). The zero-order valence-corrected chi connectivity index (χ0v) is 15.5. The third-order valence-electron chi connectivity index (χ3n) is 2.62. The summed E-state index contributed by atoms with van der Waals surface area (Å²) >= 11 is 0. The van der Waals surface area contributed by atoms with Crippen molar-refractivity contribution in [2.75, 3.05) is 0 Å². The van der Waals surface area contributed by atoms with Gasteiger partial charge in [-0.1, -0.05) is 0 Å². The van der Waals surface area contributed by atoms with Gasteiger partial charge in [-0.15, -0.1) is 0 Å². The lowest BCUT2D eigenvalue weighted by Crippen LogP contribution is -2.31. The second-order valence-corrected chi connectivity index (χ2v) is 6.73. The fourth-order valence-electron chi connectivity index (χ4n) is 1.79. The molecular weight excluding hydrogens is 338 g/mol. The number of hydrogen-bond acceptors (Lipinski definition) is 6. The molecule has 26 heavy (non-hydrogen) atoms. The molecule has 0 aliphatic heterocycles. The number of carbonyl (C=O) groups excluding carboxylic acids is 2. The molecule has 0 aromatic heterocycles. The van der Waals surface area contributed by atoms with Crippen LogP contribution in [0.3, 0.4) is 0 Å². The van der Waals surface area contributed by atoms with E-state index in [0.717, 1.165) is 0 Å². The number of alkyl carbamates (subject to hydrolysis) is 1. The summed E-state index contributed by atoms with van der Waals surface area (Å²) in [5.41, 5.74) is -0.496. The first-order valence-electron chi connectivity index (χ1n) is 8.03. The quantitative estimate of drug-likeness (QED) is 0.473. The standard InChI is InChI=1S/C18H25N3O5/c1-11(2)25-14-9-12(8-13(22)10-14)16(23)21-15(19)6-7-20-17(24)26-18(3,4)5/h6-11,22H,1-5H3,(H,20,24)(H2,19,21,23)/b7-6-. The maximum atomic E-state index is 12.2. The van der Waals surface area contributed by atoms with Gasteiger partial charge in [-0.3, -0.25) is 15.5 Å². The zero-order valence-electron chi connectivity index (χ0n) is 15.5. The van der Waals surface area contributed by atoms with Crippen molar-refractivity contribution in [1.29, 1.82) is 5.41 Å². The maximum absolute atomic E-state index is 12.2. The number of nitrogens with one attached hydrogen (secondary N) is 3. The molecule has 1 aromatic rings. The monoisotopic (exact) mass is 363 g/mol. The molecule has 0 aliphatic carbocycles. The Morgan fingerprint density at radius 1 is 1.23 bits per heavy atom. The van der Waals surface area contributed by atoms with E-state index in [4.69, 9.17) is 14.9 Å². The van der Waals surface area contributed by atoms with Gasteiger partial charge in [-0.05, 0) is 52.8 Å². The van der Waals surface area contributed by atoms with E-state index < -0.39 is 17.6 Å². The third kappa shape index (κ3) is 8.18. The normalized spacial score (nSPS) is 11.3. The SMILES string of the molecule is CC(C)Oc1cc(O)cc(C(=O)NC(=N)/C=C\NC(=O)OC(C)(C)C)c1. The molecule has 8 heteroatoms. The largest absolute Gasteiger partial charge is 0.508 e. The smallest absolute Gasteiger partial charge is 0.411 e. The van der Waals surface area contributed by atoms with Crippen LogP contribution in [-0.4, -0.2) is 34.6 Å². The second-order valence-electron chi connectivity index (χ2n) is 6.73. The zero-order chi connectivity index (χ0) is 19.9. The van der Waals surface area contributed by atoms with Crippen LogP contribution in [0.5, 0.6) is 11.5 Å². The average Bonchev–Trinajstić information content (AvgIpc) is 2.43.